The molecular formula is C23H30FN3O4. The van der Waals surface area contributed by atoms with Crippen molar-refractivity contribution in [3.8, 4) is 0 Å². The molecule has 4 heterocycles. The zero-order chi connectivity index (χ0) is 21.8. The summed E-state index contributed by atoms with van der Waals surface area (Å²) < 4.78 is 24.1. The number of halogens is 1. The number of nitrogens with zero attached hydrogens (tertiary/aromatic N) is 3. The molecule has 4 aliphatic rings. The maximum atomic E-state index is 14.1. The molecule has 4 aliphatic heterocycles. The molecule has 168 valence electrons. The molecular weight excluding hydrogens is 401 g/mol. The number of carbonyl (C=O) groups excluding carboxylic acids is 2. The van der Waals surface area contributed by atoms with Gasteiger partial charge in [0.2, 0.25) is 0 Å². The second-order valence-corrected chi connectivity index (χ2v) is 9.42. The highest BCUT2D eigenvalue weighted by molar-refractivity contribution is 5.91. The molecule has 1 spiro atoms. The van der Waals surface area contributed by atoms with E-state index in [2.05, 4.69) is 4.90 Å². The van der Waals surface area contributed by atoms with Gasteiger partial charge in [0.1, 0.15) is 5.82 Å². The number of hydrogen-bond donors (Lipinski definition) is 0. The van der Waals surface area contributed by atoms with E-state index in [9.17, 15) is 14.0 Å². The van der Waals surface area contributed by atoms with Crippen LogP contribution >= 0.6 is 0 Å². The lowest BCUT2D eigenvalue weighted by Crippen LogP contribution is -2.55. The minimum absolute atomic E-state index is 0.198. The molecule has 2 amide bonds. The monoisotopic (exact) mass is 431 g/mol. The number of ether oxygens (including phenoxy) is 2. The van der Waals surface area contributed by atoms with E-state index in [4.69, 9.17) is 9.47 Å². The smallest absolute Gasteiger partial charge is 0.414 e. The highest BCUT2D eigenvalue weighted by Crippen LogP contribution is 2.48. The SMILES string of the molecule is COC(=O)N1CC2(CCN(C3CC4CCC(C3)N4C(=O)OC)CC2)c2cc(F)ccc21. The molecule has 3 saturated heterocycles. The van der Waals surface area contributed by atoms with E-state index in [1.54, 1.807) is 17.0 Å². The average Bonchev–Trinajstić information content (AvgIpc) is 3.23. The zero-order valence-corrected chi connectivity index (χ0v) is 18.2. The first kappa shape index (κ1) is 20.5. The predicted molar refractivity (Wildman–Crippen MR) is 113 cm³/mol. The molecule has 0 radical (unpaired) electrons. The van der Waals surface area contributed by atoms with Crippen LogP contribution < -0.4 is 4.90 Å². The number of hydrogen-bond acceptors (Lipinski definition) is 5. The summed E-state index contributed by atoms with van der Waals surface area (Å²) in [5, 5.41) is 0. The Morgan fingerprint density at radius 2 is 1.65 bits per heavy atom. The standard InChI is InChI=1S/C23H30FN3O4/c1-30-21(28)26-14-23(19-11-15(24)3-6-20(19)26)7-9-25(10-8-23)18-12-16-4-5-17(13-18)27(16)22(29)31-2/h3,6,11,16-18H,4-5,7-10,12-14H2,1-2H3. The normalized spacial score (nSPS) is 29.2. The summed E-state index contributed by atoms with van der Waals surface area (Å²) in [6.07, 6.45) is 5.24. The van der Waals surface area contributed by atoms with Gasteiger partial charge < -0.3 is 19.3 Å². The summed E-state index contributed by atoms with van der Waals surface area (Å²) in [5.74, 6) is -0.265. The number of amides is 2. The molecule has 8 heteroatoms. The van der Waals surface area contributed by atoms with E-state index in [0.29, 0.717) is 12.6 Å². The van der Waals surface area contributed by atoms with E-state index in [-0.39, 0.29) is 35.5 Å². The summed E-state index contributed by atoms with van der Waals surface area (Å²) in [7, 11) is 2.84. The fourth-order valence-electron chi connectivity index (χ4n) is 6.51. The van der Waals surface area contributed by atoms with Crippen LogP contribution in [0.2, 0.25) is 0 Å². The summed E-state index contributed by atoms with van der Waals surface area (Å²) in [4.78, 5) is 30.6. The van der Waals surface area contributed by atoms with Crippen LogP contribution in [0.4, 0.5) is 19.7 Å². The lowest BCUT2D eigenvalue weighted by molar-refractivity contribution is 0.0329. The van der Waals surface area contributed by atoms with Crippen LogP contribution in [-0.4, -0.2) is 74.0 Å². The molecule has 0 N–H and O–H groups in total. The van der Waals surface area contributed by atoms with Crippen LogP contribution in [-0.2, 0) is 14.9 Å². The van der Waals surface area contributed by atoms with Crippen molar-refractivity contribution in [3.63, 3.8) is 0 Å². The van der Waals surface area contributed by atoms with Gasteiger partial charge in [-0.05, 0) is 75.4 Å². The fourth-order valence-corrected chi connectivity index (χ4v) is 6.51. The third-order valence-corrected chi connectivity index (χ3v) is 8.04. The first-order chi connectivity index (χ1) is 15.0. The zero-order valence-electron chi connectivity index (χ0n) is 18.2. The maximum absolute atomic E-state index is 14.1. The Hall–Kier alpha value is -2.35. The Bertz CT molecular complexity index is 872. The molecule has 0 aliphatic carbocycles. The lowest BCUT2D eigenvalue weighted by atomic mass is 9.73. The van der Waals surface area contributed by atoms with Crippen molar-refractivity contribution >= 4 is 17.9 Å². The molecule has 1 aromatic carbocycles. The third-order valence-electron chi connectivity index (χ3n) is 8.04. The summed E-state index contributed by atoms with van der Waals surface area (Å²) in [6.45, 7) is 2.36. The van der Waals surface area contributed by atoms with Crippen LogP contribution in [0.15, 0.2) is 18.2 Å². The van der Waals surface area contributed by atoms with E-state index in [1.807, 2.05) is 4.90 Å². The van der Waals surface area contributed by atoms with E-state index in [1.165, 1.54) is 20.3 Å². The Kier molecular flexibility index (Phi) is 5.07. The first-order valence-corrected chi connectivity index (χ1v) is 11.2. The van der Waals surface area contributed by atoms with Crippen molar-refractivity contribution in [2.75, 3.05) is 38.8 Å². The van der Waals surface area contributed by atoms with E-state index < -0.39 is 0 Å². The topological polar surface area (TPSA) is 62.3 Å². The largest absolute Gasteiger partial charge is 0.453 e. The predicted octanol–water partition coefficient (Wildman–Crippen LogP) is 3.51. The summed E-state index contributed by atoms with van der Waals surface area (Å²) in [5.41, 5.74) is 1.47. The molecule has 0 aromatic heterocycles. The number of fused-ring (bicyclic) bond motifs is 4. The van der Waals surface area contributed by atoms with Gasteiger partial charge in [-0.3, -0.25) is 4.90 Å². The van der Waals surface area contributed by atoms with Crippen molar-refractivity contribution in [3.05, 3.63) is 29.6 Å². The van der Waals surface area contributed by atoms with E-state index >= 15 is 0 Å². The fraction of sp³-hybridized carbons (Fsp3) is 0.652. The van der Waals surface area contributed by atoms with Crippen molar-refractivity contribution in [2.45, 2.75) is 62.1 Å². The molecule has 31 heavy (non-hydrogen) atoms. The van der Waals surface area contributed by atoms with Gasteiger partial charge in [0, 0.05) is 30.1 Å². The number of methoxy groups -OCH3 is 2. The van der Waals surface area contributed by atoms with Gasteiger partial charge in [0.25, 0.3) is 0 Å². The van der Waals surface area contributed by atoms with Crippen LogP contribution in [0.5, 0.6) is 0 Å². The summed E-state index contributed by atoms with van der Waals surface area (Å²) >= 11 is 0. The third kappa shape index (κ3) is 3.26. The number of rotatable bonds is 1. The van der Waals surface area contributed by atoms with Gasteiger partial charge in [-0.2, -0.15) is 0 Å². The molecule has 5 rings (SSSR count). The summed E-state index contributed by atoms with van der Waals surface area (Å²) in [6, 6.07) is 5.70. The van der Waals surface area contributed by atoms with Crippen LogP contribution in [0, 0.1) is 5.82 Å². The average molecular weight is 432 g/mol. The van der Waals surface area contributed by atoms with Crippen molar-refractivity contribution in [1.82, 2.24) is 9.80 Å². The minimum atomic E-state index is -0.390. The van der Waals surface area contributed by atoms with Crippen molar-refractivity contribution in [1.29, 1.82) is 0 Å². The molecule has 2 unspecified atom stereocenters. The Morgan fingerprint density at radius 3 is 2.26 bits per heavy atom. The molecule has 0 saturated carbocycles. The van der Waals surface area contributed by atoms with Crippen molar-refractivity contribution < 1.29 is 23.5 Å². The van der Waals surface area contributed by atoms with Gasteiger partial charge in [-0.15, -0.1) is 0 Å². The minimum Gasteiger partial charge on any atom is -0.453 e. The second-order valence-electron chi connectivity index (χ2n) is 9.42. The van der Waals surface area contributed by atoms with Gasteiger partial charge in [-0.25, -0.2) is 14.0 Å². The van der Waals surface area contributed by atoms with E-state index in [0.717, 1.165) is 62.9 Å². The molecule has 1 aromatic rings. The van der Waals surface area contributed by atoms with Crippen molar-refractivity contribution in [2.24, 2.45) is 0 Å². The van der Waals surface area contributed by atoms with Gasteiger partial charge >= 0.3 is 12.2 Å². The lowest BCUT2D eigenvalue weighted by Gasteiger charge is -2.47. The Labute approximate surface area is 182 Å². The first-order valence-electron chi connectivity index (χ1n) is 11.2. The second kappa shape index (κ2) is 7.65. The number of benzene rings is 1. The van der Waals surface area contributed by atoms with Gasteiger partial charge in [-0.1, -0.05) is 0 Å². The highest BCUT2D eigenvalue weighted by Gasteiger charge is 2.50. The number of carbonyl (C=O) groups is 2. The quantitative estimate of drug-likeness (QED) is 0.681. The molecule has 2 atom stereocenters. The highest BCUT2D eigenvalue weighted by atomic mass is 19.1. The van der Waals surface area contributed by atoms with Gasteiger partial charge in [0.15, 0.2) is 0 Å². The number of piperidine rings is 2. The number of anilines is 1. The van der Waals surface area contributed by atoms with Crippen LogP contribution in [0.3, 0.4) is 0 Å². The Morgan fingerprint density at radius 1 is 1.00 bits per heavy atom. The maximum Gasteiger partial charge on any atom is 0.414 e. The molecule has 7 nitrogen and oxygen atoms in total. The van der Waals surface area contributed by atoms with Crippen LogP contribution in [0.25, 0.3) is 0 Å². The number of likely N-dealkylation sites (tertiary alicyclic amines) is 1. The van der Waals surface area contributed by atoms with Crippen LogP contribution in [0.1, 0.15) is 44.1 Å². The molecule has 2 bridgehead atoms. The Balaban J connectivity index is 1.31. The van der Waals surface area contributed by atoms with Gasteiger partial charge in [0.05, 0.1) is 19.9 Å². The molecule has 3 fully saturated rings.